The third kappa shape index (κ3) is 5.63. The maximum absolute atomic E-state index is 12.3. The molecule has 0 radical (unpaired) electrons. The summed E-state index contributed by atoms with van der Waals surface area (Å²) in [5, 5.41) is 2.79. The zero-order valence-electron chi connectivity index (χ0n) is 13.9. The Morgan fingerprint density at radius 2 is 1.80 bits per heavy atom. The molecule has 0 fully saturated rings. The van der Waals surface area contributed by atoms with Crippen LogP contribution in [0.5, 0.6) is 11.5 Å². The second-order valence-corrected chi connectivity index (χ2v) is 6.04. The first kappa shape index (κ1) is 19.1. The van der Waals surface area contributed by atoms with E-state index in [-0.39, 0.29) is 24.0 Å². The van der Waals surface area contributed by atoms with Gasteiger partial charge in [-0.2, -0.15) is 20.5 Å². The van der Waals surface area contributed by atoms with Crippen LogP contribution in [0.15, 0.2) is 42.5 Å². The number of methoxy groups -OCH3 is 1. The van der Waals surface area contributed by atoms with Crippen LogP contribution in [0.3, 0.4) is 0 Å². The quantitative estimate of drug-likeness (QED) is 0.763. The van der Waals surface area contributed by atoms with Crippen LogP contribution in [0.4, 0.5) is 8.78 Å². The fourth-order valence-corrected chi connectivity index (χ4v) is 2.74. The molecule has 0 saturated heterocycles. The van der Waals surface area contributed by atoms with Crippen molar-refractivity contribution < 1.29 is 23.0 Å². The molecule has 0 saturated carbocycles. The van der Waals surface area contributed by atoms with Gasteiger partial charge in [-0.25, -0.2) is 0 Å². The van der Waals surface area contributed by atoms with Gasteiger partial charge in [-0.3, -0.25) is 4.79 Å². The van der Waals surface area contributed by atoms with E-state index in [4.69, 9.17) is 4.74 Å². The van der Waals surface area contributed by atoms with Crippen LogP contribution >= 0.6 is 11.8 Å². The normalized spacial score (nSPS) is 10.6. The monoisotopic (exact) mass is 367 g/mol. The zero-order valence-corrected chi connectivity index (χ0v) is 14.7. The summed E-state index contributed by atoms with van der Waals surface area (Å²) in [6.07, 6.45) is 2.02. The van der Waals surface area contributed by atoms with Crippen molar-refractivity contribution in [3.8, 4) is 11.5 Å². The van der Waals surface area contributed by atoms with Crippen molar-refractivity contribution in [2.24, 2.45) is 0 Å². The van der Waals surface area contributed by atoms with Crippen LogP contribution in [-0.4, -0.2) is 25.9 Å². The number of hydrogen-bond donors (Lipinski definition) is 1. The van der Waals surface area contributed by atoms with Crippen molar-refractivity contribution in [2.45, 2.75) is 18.9 Å². The van der Waals surface area contributed by atoms with Crippen LogP contribution in [-0.2, 0) is 12.3 Å². The van der Waals surface area contributed by atoms with Crippen LogP contribution in [0.2, 0.25) is 0 Å². The first-order chi connectivity index (χ1) is 12.0. The number of alkyl halides is 2. The average molecular weight is 367 g/mol. The summed E-state index contributed by atoms with van der Waals surface area (Å²) >= 11 is 1.72. The maximum Gasteiger partial charge on any atom is 0.387 e. The van der Waals surface area contributed by atoms with Gasteiger partial charge in [0.15, 0.2) is 11.5 Å². The van der Waals surface area contributed by atoms with E-state index in [0.717, 1.165) is 11.3 Å². The van der Waals surface area contributed by atoms with Crippen molar-refractivity contribution in [2.75, 3.05) is 13.4 Å². The molecule has 0 aromatic heterocycles. The van der Waals surface area contributed by atoms with Gasteiger partial charge in [0.05, 0.1) is 7.11 Å². The molecule has 2 aromatic carbocycles. The van der Waals surface area contributed by atoms with E-state index in [2.05, 4.69) is 10.1 Å². The SMILES string of the molecule is COc1cc(CNC(=O)c2ccc(CSC)cc2)ccc1OC(F)F. The molecule has 0 aliphatic heterocycles. The third-order valence-electron chi connectivity index (χ3n) is 3.42. The number of hydrogen-bond acceptors (Lipinski definition) is 4. The van der Waals surface area contributed by atoms with Crippen molar-refractivity contribution in [1.29, 1.82) is 0 Å². The Morgan fingerprint density at radius 3 is 2.40 bits per heavy atom. The fraction of sp³-hybridized carbons (Fsp3) is 0.278. The molecule has 0 spiro atoms. The summed E-state index contributed by atoms with van der Waals surface area (Å²) in [7, 11) is 1.37. The predicted molar refractivity (Wildman–Crippen MR) is 94.5 cm³/mol. The summed E-state index contributed by atoms with van der Waals surface area (Å²) in [4.78, 5) is 12.2. The Kier molecular flexibility index (Phi) is 7.06. The molecule has 2 rings (SSSR count). The first-order valence-corrected chi connectivity index (χ1v) is 8.90. The van der Waals surface area contributed by atoms with Gasteiger partial charge in [-0.15, -0.1) is 0 Å². The molecule has 7 heteroatoms. The standard InChI is InChI=1S/C18H19F2NO3S/c1-23-16-9-13(5-8-15(16)24-18(19)20)10-21-17(22)14-6-3-12(4-7-14)11-25-2/h3-9,18H,10-11H2,1-2H3,(H,21,22). The van der Waals surface area contributed by atoms with Crippen molar-refractivity contribution in [3.63, 3.8) is 0 Å². The zero-order chi connectivity index (χ0) is 18.2. The first-order valence-electron chi connectivity index (χ1n) is 7.51. The summed E-state index contributed by atoms with van der Waals surface area (Å²) in [5.74, 6) is 0.836. The maximum atomic E-state index is 12.3. The van der Waals surface area contributed by atoms with E-state index in [1.54, 1.807) is 36.0 Å². The van der Waals surface area contributed by atoms with Gasteiger partial charge in [0.25, 0.3) is 5.91 Å². The third-order valence-corrected chi connectivity index (χ3v) is 4.05. The molecular formula is C18H19F2NO3S. The fourth-order valence-electron chi connectivity index (χ4n) is 2.22. The number of amides is 1. The van der Waals surface area contributed by atoms with E-state index in [1.165, 1.54) is 13.2 Å². The minimum absolute atomic E-state index is 0.0445. The molecule has 1 amide bonds. The van der Waals surface area contributed by atoms with Gasteiger partial charge in [0.1, 0.15) is 0 Å². The van der Waals surface area contributed by atoms with Crippen molar-refractivity contribution in [3.05, 3.63) is 59.2 Å². The Hall–Kier alpha value is -2.28. The molecule has 0 unspecified atom stereocenters. The van der Waals surface area contributed by atoms with E-state index in [9.17, 15) is 13.6 Å². The lowest BCUT2D eigenvalue weighted by Crippen LogP contribution is -2.22. The predicted octanol–water partition coefficient (Wildman–Crippen LogP) is 4.09. The second-order valence-electron chi connectivity index (χ2n) is 5.18. The number of thioether (sulfide) groups is 1. The molecule has 0 aliphatic rings. The van der Waals surface area contributed by atoms with Gasteiger partial charge in [0, 0.05) is 17.9 Å². The minimum Gasteiger partial charge on any atom is -0.493 e. The molecule has 2 aromatic rings. The molecular weight excluding hydrogens is 348 g/mol. The van der Waals surface area contributed by atoms with Crippen molar-refractivity contribution >= 4 is 17.7 Å². The topological polar surface area (TPSA) is 47.6 Å². The van der Waals surface area contributed by atoms with E-state index < -0.39 is 6.61 Å². The van der Waals surface area contributed by atoms with E-state index >= 15 is 0 Å². The number of carbonyl (C=O) groups is 1. The second kappa shape index (κ2) is 9.27. The molecule has 134 valence electrons. The molecule has 0 aliphatic carbocycles. The average Bonchev–Trinajstić information content (AvgIpc) is 2.61. The lowest BCUT2D eigenvalue weighted by molar-refractivity contribution is -0.0512. The van der Waals surface area contributed by atoms with Gasteiger partial charge >= 0.3 is 6.61 Å². The number of carbonyl (C=O) groups excluding carboxylic acids is 1. The molecule has 0 heterocycles. The van der Waals surface area contributed by atoms with Crippen LogP contribution in [0, 0.1) is 0 Å². The molecule has 0 bridgehead atoms. The van der Waals surface area contributed by atoms with Crippen molar-refractivity contribution in [1.82, 2.24) is 5.32 Å². The summed E-state index contributed by atoms with van der Waals surface area (Å²) in [6.45, 7) is -2.68. The molecule has 25 heavy (non-hydrogen) atoms. The number of nitrogens with one attached hydrogen (secondary N) is 1. The molecule has 4 nitrogen and oxygen atoms in total. The van der Waals surface area contributed by atoms with E-state index in [1.807, 2.05) is 18.4 Å². The highest BCUT2D eigenvalue weighted by Crippen LogP contribution is 2.29. The molecule has 1 N–H and O–H groups in total. The molecule has 0 atom stereocenters. The summed E-state index contributed by atoms with van der Waals surface area (Å²) < 4.78 is 34.1. The number of ether oxygens (including phenoxy) is 2. The van der Waals surface area contributed by atoms with Gasteiger partial charge in [-0.1, -0.05) is 18.2 Å². The highest BCUT2D eigenvalue weighted by atomic mass is 32.2. The van der Waals surface area contributed by atoms with Gasteiger partial charge in [0.2, 0.25) is 0 Å². The number of rotatable bonds is 8. The van der Waals surface area contributed by atoms with Crippen LogP contribution in [0.25, 0.3) is 0 Å². The highest BCUT2D eigenvalue weighted by molar-refractivity contribution is 7.97. The van der Waals surface area contributed by atoms with Gasteiger partial charge in [-0.05, 0) is 41.6 Å². The number of halogens is 2. The Labute approximate surface area is 149 Å². The van der Waals surface area contributed by atoms with Crippen LogP contribution in [0.1, 0.15) is 21.5 Å². The number of benzene rings is 2. The Bertz CT molecular complexity index is 708. The summed E-state index contributed by atoms with van der Waals surface area (Å²) in [6, 6.07) is 11.9. The summed E-state index contributed by atoms with van der Waals surface area (Å²) in [5.41, 5.74) is 2.43. The van der Waals surface area contributed by atoms with Gasteiger partial charge < -0.3 is 14.8 Å². The van der Waals surface area contributed by atoms with E-state index in [0.29, 0.717) is 11.1 Å². The Balaban J connectivity index is 1.99. The largest absolute Gasteiger partial charge is 0.493 e. The smallest absolute Gasteiger partial charge is 0.387 e. The lowest BCUT2D eigenvalue weighted by atomic mass is 10.1. The Morgan fingerprint density at radius 1 is 1.12 bits per heavy atom. The lowest BCUT2D eigenvalue weighted by Gasteiger charge is -2.12. The highest BCUT2D eigenvalue weighted by Gasteiger charge is 2.12. The minimum atomic E-state index is -2.92. The van der Waals surface area contributed by atoms with Crippen LogP contribution < -0.4 is 14.8 Å².